The lowest BCUT2D eigenvalue weighted by Crippen LogP contribution is -2.24. The normalized spacial score (nSPS) is 25.3. The van der Waals surface area contributed by atoms with Crippen molar-refractivity contribution in [3.8, 4) is 0 Å². The third-order valence-corrected chi connectivity index (χ3v) is 3.82. The molecule has 0 saturated carbocycles. The molecular weight excluding hydrogens is 290 g/mol. The Morgan fingerprint density at radius 2 is 2.27 bits per heavy atom. The van der Waals surface area contributed by atoms with Crippen LogP contribution in [0.1, 0.15) is 12.6 Å². The molecule has 22 heavy (non-hydrogen) atoms. The van der Waals surface area contributed by atoms with Crippen LogP contribution >= 0.6 is 0 Å². The Labute approximate surface area is 123 Å². The van der Waals surface area contributed by atoms with E-state index in [-0.39, 0.29) is 23.5 Å². The van der Waals surface area contributed by atoms with Crippen LogP contribution in [0.2, 0.25) is 0 Å². The Morgan fingerprint density at radius 3 is 3.05 bits per heavy atom. The van der Waals surface area contributed by atoms with E-state index < -0.39 is 18.4 Å². The average Bonchev–Trinajstić information content (AvgIpc) is 3.11. The van der Waals surface area contributed by atoms with Crippen molar-refractivity contribution < 1.29 is 14.9 Å². The lowest BCUT2D eigenvalue weighted by atomic mass is 10.2. The Balaban J connectivity index is 1.88. The summed E-state index contributed by atoms with van der Waals surface area (Å²) in [4.78, 5) is 24.9. The van der Waals surface area contributed by atoms with Gasteiger partial charge in [-0.25, -0.2) is 14.4 Å². The number of nitrogens with zero attached hydrogens (tertiary/aromatic N) is 5. The number of rotatable bonds is 2. The van der Waals surface area contributed by atoms with Crippen LogP contribution in [0.25, 0.3) is 16.9 Å². The quantitative estimate of drug-likeness (QED) is 0.629. The molecule has 1 aliphatic rings. The van der Waals surface area contributed by atoms with E-state index in [2.05, 4.69) is 15.0 Å². The van der Waals surface area contributed by atoms with Crippen molar-refractivity contribution in [2.24, 2.45) is 0 Å². The summed E-state index contributed by atoms with van der Waals surface area (Å²) in [5.74, 6) is 0.263. The maximum Gasteiger partial charge on any atom is 0.287 e. The third-order valence-electron chi connectivity index (χ3n) is 3.82. The minimum absolute atomic E-state index is 0.205. The highest BCUT2D eigenvalue weighted by molar-refractivity contribution is 5.71. The number of imidazole rings is 1. The molecule has 4 heterocycles. The molecule has 3 aromatic heterocycles. The van der Waals surface area contributed by atoms with Crippen molar-refractivity contribution in [2.45, 2.75) is 24.9 Å². The number of aliphatic hydroxyl groups excluding tert-OH is 2. The number of ether oxygens (including phenoxy) is 1. The van der Waals surface area contributed by atoms with Crippen molar-refractivity contribution in [2.75, 3.05) is 6.61 Å². The number of aromatic nitrogens is 5. The van der Waals surface area contributed by atoms with Gasteiger partial charge in [0.2, 0.25) is 5.78 Å². The van der Waals surface area contributed by atoms with Gasteiger partial charge in [0.05, 0.1) is 19.0 Å². The summed E-state index contributed by atoms with van der Waals surface area (Å²) >= 11 is 0. The Kier molecular flexibility index (Phi) is 2.93. The van der Waals surface area contributed by atoms with Crippen molar-refractivity contribution in [3.05, 3.63) is 35.1 Å². The molecule has 4 rings (SSSR count). The largest absolute Gasteiger partial charge is 0.394 e. The first-order valence-electron chi connectivity index (χ1n) is 6.83. The van der Waals surface area contributed by atoms with Crippen LogP contribution in [0, 0.1) is 0 Å². The summed E-state index contributed by atoms with van der Waals surface area (Å²) in [7, 11) is 0. The zero-order valence-corrected chi connectivity index (χ0v) is 11.4. The molecule has 114 valence electrons. The Hall–Kier alpha value is -2.36. The lowest BCUT2D eigenvalue weighted by Gasteiger charge is -2.13. The van der Waals surface area contributed by atoms with Gasteiger partial charge in [0.1, 0.15) is 12.3 Å². The minimum Gasteiger partial charge on any atom is -0.394 e. The van der Waals surface area contributed by atoms with Gasteiger partial charge in [-0.05, 0) is 6.07 Å². The zero-order chi connectivity index (χ0) is 15.3. The summed E-state index contributed by atoms with van der Waals surface area (Å²) < 4.78 is 8.49. The molecule has 1 unspecified atom stereocenters. The van der Waals surface area contributed by atoms with Gasteiger partial charge < -0.3 is 14.9 Å². The zero-order valence-electron chi connectivity index (χ0n) is 11.4. The van der Waals surface area contributed by atoms with Gasteiger partial charge in [-0.15, -0.1) is 0 Å². The fraction of sp³-hybridized carbons (Fsp3) is 0.385. The molecule has 0 aromatic carbocycles. The van der Waals surface area contributed by atoms with E-state index in [1.807, 2.05) is 0 Å². The fourth-order valence-electron chi connectivity index (χ4n) is 2.69. The molecule has 0 amide bonds. The summed E-state index contributed by atoms with van der Waals surface area (Å²) in [5, 5.41) is 19.0. The Morgan fingerprint density at radius 1 is 1.41 bits per heavy atom. The molecule has 1 fully saturated rings. The van der Waals surface area contributed by atoms with Crippen LogP contribution in [0.15, 0.2) is 29.6 Å². The predicted octanol–water partition coefficient (Wildman–Crippen LogP) is -0.920. The SMILES string of the molecule is O=c1c2ncn(C3C[C@H](O)[C@@H](CO)O3)c2nc2ncccn12. The Bertz CT molecular complexity index is 904. The van der Waals surface area contributed by atoms with E-state index in [0.717, 1.165) is 0 Å². The first-order chi connectivity index (χ1) is 10.7. The smallest absolute Gasteiger partial charge is 0.287 e. The number of fused-ring (bicyclic) bond motifs is 2. The van der Waals surface area contributed by atoms with Gasteiger partial charge in [0.15, 0.2) is 11.2 Å². The summed E-state index contributed by atoms with van der Waals surface area (Å²) in [6, 6.07) is 1.64. The van der Waals surface area contributed by atoms with Crippen LogP contribution in [0.4, 0.5) is 0 Å². The van der Waals surface area contributed by atoms with E-state index in [0.29, 0.717) is 12.1 Å². The molecule has 0 spiro atoms. The second kappa shape index (κ2) is 4.83. The number of aliphatic hydroxyl groups is 2. The first-order valence-corrected chi connectivity index (χ1v) is 6.83. The molecule has 1 aliphatic heterocycles. The van der Waals surface area contributed by atoms with E-state index >= 15 is 0 Å². The topological polar surface area (TPSA) is 115 Å². The van der Waals surface area contributed by atoms with Crippen molar-refractivity contribution in [1.29, 1.82) is 0 Å². The monoisotopic (exact) mass is 303 g/mol. The van der Waals surface area contributed by atoms with E-state index in [9.17, 15) is 9.90 Å². The van der Waals surface area contributed by atoms with Gasteiger partial charge in [-0.3, -0.25) is 9.36 Å². The standard InChI is InChI=1S/C13H13N5O4/c19-5-8-7(20)4-9(22-8)18-6-15-10-11(18)16-13-14-2-1-3-17(13)12(10)21/h1-3,6-9,19-20H,4-5H2/t7-,8+,9?/m0/s1. The van der Waals surface area contributed by atoms with E-state index in [1.54, 1.807) is 23.0 Å². The summed E-state index contributed by atoms with van der Waals surface area (Å²) in [6.07, 6.45) is 2.92. The first kappa shape index (κ1) is 13.3. The molecular formula is C13H13N5O4. The average molecular weight is 303 g/mol. The highest BCUT2D eigenvalue weighted by atomic mass is 16.5. The molecule has 0 radical (unpaired) electrons. The molecule has 0 bridgehead atoms. The lowest BCUT2D eigenvalue weighted by molar-refractivity contribution is -0.0432. The van der Waals surface area contributed by atoms with Gasteiger partial charge in [0, 0.05) is 18.8 Å². The maximum absolute atomic E-state index is 12.4. The predicted molar refractivity (Wildman–Crippen MR) is 74.2 cm³/mol. The fourth-order valence-corrected chi connectivity index (χ4v) is 2.69. The summed E-state index contributed by atoms with van der Waals surface area (Å²) in [5.41, 5.74) is 0.236. The molecule has 9 nitrogen and oxygen atoms in total. The van der Waals surface area contributed by atoms with Crippen molar-refractivity contribution >= 4 is 16.9 Å². The highest BCUT2D eigenvalue weighted by Gasteiger charge is 2.35. The second-order valence-electron chi connectivity index (χ2n) is 5.15. The molecule has 3 aromatic rings. The van der Waals surface area contributed by atoms with Crippen LogP contribution in [0.5, 0.6) is 0 Å². The van der Waals surface area contributed by atoms with Crippen LogP contribution < -0.4 is 5.56 Å². The highest BCUT2D eigenvalue weighted by Crippen LogP contribution is 2.30. The van der Waals surface area contributed by atoms with Crippen molar-refractivity contribution in [1.82, 2.24) is 23.9 Å². The van der Waals surface area contributed by atoms with E-state index in [4.69, 9.17) is 9.84 Å². The van der Waals surface area contributed by atoms with Gasteiger partial charge in [-0.1, -0.05) is 0 Å². The van der Waals surface area contributed by atoms with Crippen LogP contribution in [-0.2, 0) is 4.74 Å². The third kappa shape index (κ3) is 1.83. The summed E-state index contributed by atoms with van der Waals surface area (Å²) in [6.45, 7) is -0.273. The molecule has 2 N–H and O–H groups in total. The maximum atomic E-state index is 12.4. The second-order valence-corrected chi connectivity index (χ2v) is 5.15. The number of hydrogen-bond donors (Lipinski definition) is 2. The van der Waals surface area contributed by atoms with E-state index in [1.165, 1.54) is 10.7 Å². The molecule has 9 heteroatoms. The van der Waals surface area contributed by atoms with Crippen LogP contribution in [-0.4, -0.2) is 52.9 Å². The molecule has 0 aliphatic carbocycles. The molecule has 3 atom stereocenters. The van der Waals surface area contributed by atoms with Crippen molar-refractivity contribution in [3.63, 3.8) is 0 Å². The van der Waals surface area contributed by atoms with Crippen LogP contribution in [0.3, 0.4) is 0 Å². The van der Waals surface area contributed by atoms with Gasteiger partial charge in [0.25, 0.3) is 5.56 Å². The number of hydrogen-bond acceptors (Lipinski definition) is 7. The van der Waals surface area contributed by atoms with Gasteiger partial charge in [-0.2, -0.15) is 4.98 Å². The molecule has 1 saturated heterocycles. The van der Waals surface area contributed by atoms with Gasteiger partial charge >= 0.3 is 0 Å². The minimum atomic E-state index is -0.771.